The Morgan fingerprint density at radius 3 is 2.17 bits per heavy atom. The third-order valence-corrected chi connectivity index (χ3v) is 21.5. The van der Waals surface area contributed by atoms with E-state index >= 15 is 0 Å². The maximum Gasteiger partial charge on any atom is 0.485 e. The van der Waals surface area contributed by atoms with Crippen LogP contribution in [0.2, 0.25) is 5.02 Å². The zero-order chi connectivity index (χ0) is 75.9. The van der Waals surface area contributed by atoms with Gasteiger partial charge in [-0.05, 0) is 102 Å². The van der Waals surface area contributed by atoms with E-state index in [0.717, 1.165) is 17.1 Å². The Balaban J connectivity index is 0.686. The van der Waals surface area contributed by atoms with Crippen LogP contribution in [-0.2, 0) is 75.6 Å². The number of benzene rings is 5. The summed E-state index contributed by atoms with van der Waals surface area (Å²) >= 11 is 8.45. The minimum Gasteiger partial charge on any atom is -0.496 e. The number of hydrogen-bond donors (Lipinski definition) is 6. The van der Waals surface area contributed by atoms with Crippen molar-refractivity contribution in [2.75, 3.05) is 85.3 Å². The molecule has 5 atom stereocenters. The van der Waals surface area contributed by atoms with Gasteiger partial charge in [-0.3, -0.25) is 38.3 Å². The molecule has 2 aliphatic rings. The molecule has 106 heavy (non-hydrogen) atoms. The van der Waals surface area contributed by atoms with E-state index in [1.165, 1.54) is 61.0 Å². The Hall–Kier alpha value is -9.46. The normalized spacial score (nSPS) is 15.7. The number of nitrogens with one attached hydrogen (secondary N) is 3. The van der Waals surface area contributed by atoms with Crippen LogP contribution < -0.4 is 34.9 Å². The number of thiophene rings is 1. The number of anilines is 1. The van der Waals surface area contributed by atoms with Gasteiger partial charge < -0.3 is 59.0 Å². The van der Waals surface area contributed by atoms with Crippen molar-refractivity contribution in [2.45, 2.75) is 71.9 Å². The number of piperazine rings is 1. The monoisotopic (exact) mass is 1540 g/mol. The van der Waals surface area contributed by atoms with E-state index in [4.69, 9.17) is 49.3 Å². The lowest BCUT2D eigenvalue weighted by Gasteiger charge is -2.41. The van der Waals surface area contributed by atoms with Gasteiger partial charge in [-0.1, -0.05) is 86.1 Å². The fourth-order valence-corrected chi connectivity index (χ4v) is 14.9. The molecular weight excluding hydrogens is 1460 g/mol. The molecule has 5 aromatic carbocycles. The number of likely N-dealkylation sites (N-methyl/N-ethyl adjacent to an activating group) is 1. The highest BCUT2D eigenvalue weighted by Crippen LogP contribution is 2.61. The van der Waals surface area contributed by atoms with Crippen molar-refractivity contribution in [1.29, 1.82) is 0 Å². The van der Waals surface area contributed by atoms with Gasteiger partial charge in [0.2, 0.25) is 29.7 Å². The first kappa shape index (κ1) is 79.1. The van der Waals surface area contributed by atoms with Crippen LogP contribution in [0, 0.1) is 18.7 Å². The molecule has 3 aromatic heterocycles. The molecule has 1 saturated heterocycles. The molecule has 5 heterocycles. The predicted octanol–water partition coefficient (Wildman–Crippen LogP) is 9.71. The number of carboxylic acid groups (broad SMARTS) is 1. The molecule has 5 amide bonds. The Kier molecular flexibility index (Phi) is 26.7. The van der Waals surface area contributed by atoms with Crippen LogP contribution in [-0.4, -0.2) is 183 Å². The Morgan fingerprint density at radius 1 is 0.764 bits per heavy atom. The van der Waals surface area contributed by atoms with E-state index in [0.29, 0.717) is 116 Å². The number of imide groups is 1. The lowest BCUT2D eigenvalue weighted by atomic mass is 9.96. The smallest absolute Gasteiger partial charge is 0.485 e. The van der Waals surface area contributed by atoms with Crippen LogP contribution in [0.1, 0.15) is 49.6 Å². The van der Waals surface area contributed by atoms with E-state index in [1.807, 2.05) is 37.3 Å². The highest BCUT2D eigenvalue weighted by molar-refractivity contribution is 7.61. The molecule has 2 aliphatic heterocycles. The molecule has 8 aromatic rings. The molecule has 0 saturated carbocycles. The number of quaternary nitrogens is 1. The molecule has 34 heteroatoms. The standard InChI is InChI=1S/C72H78ClFN10O19P2S/c1-44(2)65(81-59(85)28-36-97-37-33-83-60(86)25-26-61(83)87)69(89)78-46(4)68(88)80-51-21-15-47(16-22-51)40-100-104(92,93)103-105(94,95)101-43-84(5)34-30-82(31-35-84)32-38-98-57-24-23-53(45(3)64(57)73)62-63-70(76-42-77-71(63)106-66(62)48-17-19-50(74)20-18-48)102-58(72(90)91)39-49-11-7-9-13-55(49)99-41-52-27-29-75-67(79-52)54-12-8-10-14-56(54)96-6/h7-27,29,42,44,46,58,65H,28,30-41,43H2,1-6H3,(H5-,78,80,81,85,88,89,90,91,92,93,94,95)/p+1/t46-,58+,65-/m0/s1. The Morgan fingerprint density at radius 2 is 1.46 bits per heavy atom. The van der Waals surface area contributed by atoms with Crippen LogP contribution in [0.4, 0.5) is 10.1 Å². The van der Waals surface area contributed by atoms with E-state index in [9.17, 15) is 57.2 Å². The third kappa shape index (κ3) is 21.0. The number of phosphoric ester groups is 2. The van der Waals surface area contributed by atoms with Crippen molar-refractivity contribution >= 4 is 90.0 Å². The van der Waals surface area contributed by atoms with Crippen molar-refractivity contribution in [3.8, 4) is 56.1 Å². The fraction of sp³-hybridized carbons (Fsp3) is 0.333. The van der Waals surface area contributed by atoms with Crippen molar-refractivity contribution in [1.82, 2.24) is 40.4 Å². The molecule has 10 rings (SSSR count). The van der Waals surface area contributed by atoms with Crippen LogP contribution in [0.25, 0.3) is 43.2 Å². The highest BCUT2D eigenvalue weighted by Gasteiger charge is 2.40. The minimum atomic E-state index is -5.20. The number of nitrogens with zero attached hydrogens (tertiary/aromatic N) is 7. The Bertz CT molecular complexity index is 4630. The van der Waals surface area contributed by atoms with E-state index in [2.05, 4.69) is 40.1 Å². The maximum absolute atomic E-state index is 14.5. The van der Waals surface area contributed by atoms with E-state index in [1.54, 1.807) is 82.7 Å². The SMILES string of the molecule is COc1ccccc1-c1nccc(COc2ccccc2C[C@@H](Oc2ncnc3sc(-c4ccc(F)cc4)c(-c4ccc(OCCN5CC[N+](C)(COP(=O)(O)OP(=O)(O)OCc6ccc(NC(=O)[C@H](C)NC(=O)[C@@H](NC(=O)CCOCCN7C(=O)C=CC7=O)C(C)C)cc6)CC5)c(Cl)c4C)c23)C(=O)O)n1. The van der Waals surface area contributed by atoms with Gasteiger partial charge >= 0.3 is 21.6 Å². The number of ether oxygens (including phenoxy) is 5. The number of halogens is 2. The quantitative estimate of drug-likeness (QED) is 0.00920. The average molecular weight is 1540 g/mol. The molecular formula is C72H79ClFN10O19P2S+. The molecule has 6 N–H and O–H groups in total. The number of aromatic nitrogens is 4. The number of methoxy groups -OCH3 is 1. The predicted molar refractivity (Wildman–Crippen MR) is 389 cm³/mol. The van der Waals surface area contributed by atoms with Crippen molar-refractivity contribution < 1.29 is 98.7 Å². The van der Waals surface area contributed by atoms with Crippen molar-refractivity contribution in [3.63, 3.8) is 0 Å². The van der Waals surface area contributed by atoms with Gasteiger partial charge in [-0.15, -0.1) is 11.3 Å². The summed E-state index contributed by atoms with van der Waals surface area (Å²) in [6.07, 6.45) is 3.51. The first-order valence-electron chi connectivity index (χ1n) is 33.5. The van der Waals surface area contributed by atoms with Crippen LogP contribution in [0.15, 0.2) is 140 Å². The molecule has 1 fully saturated rings. The van der Waals surface area contributed by atoms with Crippen LogP contribution in [0.3, 0.4) is 0 Å². The van der Waals surface area contributed by atoms with E-state index in [-0.39, 0.29) is 79.5 Å². The van der Waals surface area contributed by atoms with Gasteiger partial charge in [0.05, 0.1) is 75.3 Å². The molecule has 560 valence electrons. The zero-order valence-corrected chi connectivity index (χ0v) is 61.9. The van der Waals surface area contributed by atoms with Gasteiger partial charge in [-0.2, -0.15) is 4.31 Å². The number of fused-ring (bicyclic) bond motifs is 1. The number of rotatable bonds is 36. The van der Waals surface area contributed by atoms with E-state index < -0.39 is 81.8 Å². The second kappa shape index (κ2) is 35.8. The fourth-order valence-electron chi connectivity index (χ4n) is 11.3. The summed E-state index contributed by atoms with van der Waals surface area (Å²) in [7, 11) is -7.01. The molecule has 0 radical (unpaired) electrons. The molecule has 0 aliphatic carbocycles. The molecule has 29 nitrogen and oxygen atoms in total. The summed E-state index contributed by atoms with van der Waals surface area (Å²) in [5, 5.41) is 19.3. The van der Waals surface area contributed by atoms with Gasteiger partial charge in [-0.25, -0.2) is 42.8 Å². The number of carbonyl (C=O) groups is 6. The first-order chi connectivity index (χ1) is 50.7. The topological polar surface area (TPSA) is 365 Å². The second-order valence-electron chi connectivity index (χ2n) is 25.4. The third-order valence-electron chi connectivity index (χ3n) is 17.3. The second-order valence-corrected chi connectivity index (χ2v) is 29.8. The Labute approximate surface area is 618 Å². The van der Waals surface area contributed by atoms with Crippen LogP contribution in [0.5, 0.6) is 23.1 Å². The summed E-state index contributed by atoms with van der Waals surface area (Å²) in [5.41, 5.74) is 4.83. The van der Waals surface area contributed by atoms with Crippen LogP contribution >= 0.6 is 38.6 Å². The number of hydrogen-bond acceptors (Lipinski definition) is 22. The minimum absolute atomic E-state index is 0.0154. The lowest BCUT2D eigenvalue weighted by molar-refractivity contribution is -0.928. The average Bonchev–Trinajstić information content (AvgIpc) is 1.58. The number of para-hydroxylation sites is 2. The first-order valence-corrected chi connectivity index (χ1v) is 37.7. The lowest BCUT2D eigenvalue weighted by Crippen LogP contribution is -2.58. The van der Waals surface area contributed by atoms with Crippen molar-refractivity contribution in [3.05, 3.63) is 173 Å². The van der Waals surface area contributed by atoms with Gasteiger partial charge in [0, 0.05) is 67.0 Å². The van der Waals surface area contributed by atoms with Gasteiger partial charge in [0.15, 0.2) is 12.6 Å². The molecule has 0 bridgehead atoms. The summed E-state index contributed by atoms with van der Waals surface area (Å²) in [5.74, 6) is -2.88. The number of carbonyl (C=O) groups excluding carboxylic acids is 5. The van der Waals surface area contributed by atoms with Gasteiger partial charge in [0.1, 0.15) is 59.5 Å². The largest absolute Gasteiger partial charge is 0.496 e. The van der Waals surface area contributed by atoms with Crippen molar-refractivity contribution in [2.24, 2.45) is 5.92 Å². The summed E-state index contributed by atoms with van der Waals surface area (Å²) < 4.78 is 85.5. The maximum atomic E-state index is 14.5. The number of aliphatic carboxylic acids is 1. The zero-order valence-electron chi connectivity index (χ0n) is 58.6. The molecule has 0 spiro atoms. The van der Waals surface area contributed by atoms with Gasteiger partial charge in [0.25, 0.3) is 11.8 Å². The summed E-state index contributed by atoms with van der Waals surface area (Å²) in [4.78, 5) is 119. The number of amides is 5. The highest BCUT2D eigenvalue weighted by atomic mass is 35.5. The molecule has 2 unspecified atom stereocenters. The summed E-state index contributed by atoms with van der Waals surface area (Å²) in [6, 6.07) is 29.4. The summed E-state index contributed by atoms with van der Waals surface area (Å²) in [6.45, 7) is 8.36. The number of carboxylic acids is 1. The number of phosphoric acid groups is 2.